The summed E-state index contributed by atoms with van der Waals surface area (Å²) in [6.07, 6.45) is 4.60. The van der Waals surface area contributed by atoms with Crippen LogP contribution in [0.5, 0.6) is 0 Å². The first-order chi connectivity index (χ1) is 14.9. The fourth-order valence-corrected chi connectivity index (χ4v) is 5.57. The third kappa shape index (κ3) is 3.60. The van der Waals surface area contributed by atoms with E-state index in [1.54, 1.807) is 7.05 Å². The van der Waals surface area contributed by atoms with Gasteiger partial charge in [-0.3, -0.25) is 14.7 Å². The molecule has 1 amide bonds. The van der Waals surface area contributed by atoms with Gasteiger partial charge in [0, 0.05) is 39.6 Å². The largest absolute Gasteiger partial charge is 0.368 e. The van der Waals surface area contributed by atoms with E-state index in [2.05, 4.69) is 52.1 Å². The zero-order valence-electron chi connectivity index (χ0n) is 19.4. The molecule has 4 fully saturated rings. The molecule has 0 radical (unpaired) electrons. The molecule has 8 nitrogen and oxygen atoms in total. The third-order valence-electron chi connectivity index (χ3n) is 7.88. The first-order valence-corrected chi connectivity index (χ1v) is 11.4. The molecule has 3 aliphatic carbocycles. The molecular weight excluding hydrogens is 390 g/mol. The number of nitrogens with one attached hydrogen (secondary N) is 1. The highest BCUT2D eigenvalue weighted by molar-refractivity contribution is 6.05. The van der Waals surface area contributed by atoms with E-state index >= 15 is 0 Å². The number of aromatic nitrogens is 1. The molecule has 1 N–H and O–H groups in total. The summed E-state index contributed by atoms with van der Waals surface area (Å²) in [5.74, 6) is 3.72. The molecule has 2 heterocycles. The number of amidine groups is 1. The van der Waals surface area contributed by atoms with E-state index in [0.29, 0.717) is 30.0 Å². The van der Waals surface area contributed by atoms with Crippen molar-refractivity contribution in [1.29, 1.82) is 0 Å². The normalized spacial score (nSPS) is 31.0. The molecule has 168 valence electrons. The van der Waals surface area contributed by atoms with Crippen LogP contribution >= 0.6 is 0 Å². The van der Waals surface area contributed by atoms with Crippen LogP contribution in [0.25, 0.3) is 0 Å². The third-order valence-corrected chi connectivity index (χ3v) is 7.88. The second-order valence-corrected chi connectivity index (χ2v) is 9.16. The van der Waals surface area contributed by atoms with E-state index < -0.39 is 0 Å². The summed E-state index contributed by atoms with van der Waals surface area (Å²) < 4.78 is 0. The molecule has 4 aliphatic rings. The molecule has 1 aliphatic heterocycles. The van der Waals surface area contributed by atoms with E-state index in [1.165, 1.54) is 0 Å². The Morgan fingerprint density at radius 1 is 1.29 bits per heavy atom. The number of rotatable bonds is 5. The summed E-state index contributed by atoms with van der Waals surface area (Å²) in [4.78, 5) is 32.2. The maximum atomic E-state index is 12.1. The van der Waals surface area contributed by atoms with Crippen LogP contribution in [0.1, 0.15) is 33.6 Å². The summed E-state index contributed by atoms with van der Waals surface area (Å²) in [6.45, 7) is 10.7. The van der Waals surface area contributed by atoms with Crippen molar-refractivity contribution in [2.75, 3.05) is 50.5 Å². The van der Waals surface area contributed by atoms with Gasteiger partial charge in [0.05, 0.1) is 17.4 Å². The van der Waals surface area contributed by atoms with Gasteiger partial charge in [-0.25, -0.2) is 4.98 Å². The van der Waals surface area contributed by atoms with E-state index in [1.807, 2.05) is 24.1 Å². The van der Waals surface area contributed by atoms with Gasteiger partial charge in [0.1, 0.15) is 11.7 Å². The van der Waals surface area contributed by atoms with Crippen LogP contribution in [0.3, 0.4) is 0 Å². The number of hydrogen-bond donors (Lipinski definition) is 1. The fourth-order valence-electron chi connectivity index (χ4n) is 5.57. The van der Waals surface area contributed by atoms with Gasteiger partial charge in [0.25, 0.3) is 0 Å². The Morgan fingerprint density at radius 3 is 2.48 bits per heavy atom. The predicted octanol–water partition coefficient (Wildman–Crippen LogP) is 2.54. The SMILES string of the molecule is CC/C(=N\C(=N/C)Nc1ccc(N2CCN(C)CC2)cn1)N(C=O)C12CC([C@H]1C)[C@H]2C. The van der Waals surface area contributed by atoms with Crippen molar-refractivity contribution in [3.8, 4) is 0 Å². The minimum atomic E-state index is -0.0669. The van der Waals surface area contributed by atoms with Crippen LogP contribution in [-0.2, 0) is 4.79 Å². The molecule has 3 saturated carbocycles. The van der Waals surface area contributed by atoms with Gasteiger partial charge in [0.15, 0.2) is 0 Å². The van der Waals surface area contributed by atoms with E-state index in [9.17, 15) is 4.79 Å². The van der Waals surface area contributed by atoms with Crippen molar-refractivity contribution < 1.29 is 4.79 Å². The molecule has 1 saturated heterocycles. The molecule has 0 aromatic carbocycles. The first-order valence-electron chi connectivity index (χ1n) is 11.4. The summed E-state index contributed by atoms with van der Waals surface area (Å²) >= 11 is 0. The minimum Gasteiger partial charge on any atom is -0.368 e. The number of aliphatic imine (C=N–C) groups is 2. The zero-order chi connectivity index (χ0) is 22.2. The molecule has 0 unspecified atom stereocenters. The van der Waals surface area contributed by atoms with Gasteiger partial charge >= 0.3 is 0 Å². The fraction of sp³-hybridized carbons (Fsp3) is 0.652. The highest BCUT2D eigenvalue weighted by atomic mass is 16.1. The first kappa shape index (κ1) is 21.7. The standard InChI is InChI=1S/C23H35N7O/c1-6-21(30(15-31)23-13-19(16(23)2)17(23)3)27-22(24-4)26-20-8-7-18(14-25-20)29-11-9-28(5)10-12-29/h7-8,14-17,19H,6,9-13H2,1-5H3,(H,24,25,26)/b27-21+/t16-,17-,19?,23?/m1/s1. The Balaban J connectivity index is 1.46. The topological polar surface area (TPSA) is 76.4 Å². The Bertz CT molecular complexity index is 847. The summed E-state index contributed by atoms with van der Waals surface area (Å²) in [5.41, 5.74) is 1.06. The Labute approximate surface area is 185 Å². The number of piperazine rings is 1. The second kappa shape index (κ2) is 8.57. The lowest BCUT2D eigenvalue weighted by molar-refractivity contribution is -0.229. The van der Waals surface area contributed by atoms with E-state index in [4.69, 9.17) is 4.99 Å². The molecule has 5 rings (SSSR count). The van der Waals surface area contributed by atoms with Crippen LogP contribution in [0, 0.1) is 17.8 Å². The van der Waals surface area contributed by atoms with Gasteiger partial charge < -0.3 is 15.1 Å². The van der Waals surface area contributed by atoms with Crippen LogP contribution in [0.4, 0.5) is 11.5 Å². The number of anilines is 2. The smallest absolute Gasteiger partial charge is 0.225 e. The monoisotopic (exact) mass is 425 g/mol. The predicted molar refractivity (Wildman–Crippen MR) is 126 cm³/mol. The van der Waals surface area contributed by atoms with Crippen molar-refractivity contribution in [1.82, 2.24) is 14.8 Å². The molecular formula is C23H35N7O. The van der Waals surface area contributed by atoms with Gasteiger partial charge in [-0.1, -0.05) is 20.8 Å². The van der Waals surface area contributed by atoms with Crippen LogP contribution in [0.2, 0.25) is 0 Å². The lowest BCUT2D eigenvalue weighted by Gasteiger charge is -2.75. The maximum Gasteiger partial charge on any atom is 0.225 e. The van der Waals surface area contributed by atoms with Gasteiger partial charge in [-0.15, -0.1) is 0 Å². The number of amides is 1. The number of carbonyl (C=O) groups is 1. The average Bonchev–Trinajstić information content (AvgIpc) is 2.80. The Hall–Kier alpha value is -2.48. The average molecular weight is 426 g/mol. The Morgan fingerprint density at radius 2 is 2.00 bits per heavy atom. The van der Waals surface area contributed by atoms with Crippen molar-refractivity contribution >= 4 is 29.7 Å². The lowest BCUT2D eigenvalue weighted by atomic mass is 9.36. The summed E-state index contributed by atoms with van der Waals surface area (Å²) in [6, 6.07) is 4.05. The molecule has 31 heavy (non-hydrogen) atoms. The van der Waals surface area contributed by atoms with Crippen molar-refractivity contribution in [2.24, 2.45) is 27.7 Å². The van der Waals surface area contributed by atoms with Gasteiger partial charge in [-0.2, -0.15) is 4.99 Å². The van der Waals surface area contributed by atoms with E-state index in [-0.39, 0.29) is 5.54 Å². The number of nitrogens with zero attached hydrogens (tertiary/aromatic N) is 6. The molecule has 1 aromatic heterocycles. The van der Waals surface area contributed by atoms with E-state index in [0.717, 1.165) is 56.5 Å². The minimum absolute atomic E-state index is 0.0669. The summed E-state index contributed by atoms with van der Waals surface area (Å²) in [5, 5.41) is 3.21. The summed E-state index contributed by atoms with van der Waals surface area (Å²) in [7, 11) is 3.86. The van der Waals surface area contributed by atoms with Crippen molar-refractivity contribution in [2.45, 2.75) is 39.2 Å². The number of guanidine groups is 1. The number of hydrogen-bond acceptors (Lipinski definition) is 5. The second-order valence-electron chi connectivity index (χ2n) is 9.16. The number of likely N-dealkylation sites (N-methyl/N-ethyl adjacent to an activating group) is 1. The van der Waals surface area contributed by atoms with Crippen molar-refractivity contribution in [3.63, 3.8) is 0 Å². The van der Waals surface area contributed by atoms with Gasteiger partial charge in [0.2, 0.25) is 12.4 Å². The molecule has 8 heteroatoms. The molecule has 1 aromatic rings. The van der Waals surface area contributed by atoms with Crippen LogP contribution in [-0.4, -0.2) is 78.8 Å². The number of pyridine rings is 1. The lowest BCUT2D eigenvalue weighted by Crippen LogP contribution is -2.80. The van der Waals surface area contributed by atoms with Gasteiger partial charge in [-0.05, 0) is 43.4 Å². The number of carbonyl (C=O) groups excluding carboxylic acids is 1. The molecule has 2 bridgehead atoms. The Kier molecular flexibility index (Phi) is 6.01. The zero-order valence-corrected chi connectivity index (χ0v) is 19.4. The highest BCUT2D eigenvalue weighted by Crippen LogP contribution is 2.68. The molecule has 2 atom stereocenters. The van der Waals surface area contributed by atoms with Crippen LogP contribution < -0.4 is 10.2 Å². The van der Waals surface area contributed by atoms with Crippen LogP contribution in [0.15, 0.2) is 28.3 Å². The highest BCUT2D eigenvalue weighted by Gasteiger charge is 2.72. The quantitative estimate of drug-likeness (QED) is 0.446. The molecule has 0 spiro atoms. The maximum absolute atomic E-state index is 12.1. The van der Waals surface area contributed by atoms with Crippen molar-refractivity contribution in [3.05, 3.63) is 18.3 Å².